The second-order valence-corrected chi connectivity index (χ2v) is 5.31. The average Bonchev–Trinajstić information content (AvgIpc) is 2.24. The molecule has 0 amide bonds. The van der Waals surface area contributed by atoms with Gasteiger partial charge in [-0.15, -0.1) is 11.8 Å². The topological polar surface area (TPSA) is 37.3 Å². The van der Waals surface area contributed by atoms with Crippen LogP contribution in [0.2, 0.25) is 0 Å². The normalized spacial score (nSPS) is 11.9. The number of carboxylic acids is 1. The molecule has 6 heteroatoms. The number of halogens is 3. The van der Waals surface area contributed by atoms with Gasteiger partial charge in [-0.2, -0.15) is 13.2 Å². The Morgan fingerprint density at radius 2 is 2.00 bits per heavy atom. The maximum absolute atomic E-state index is 12.7. The maximum atomic E-state index is 12.7. The number of carboxylic acid groups (broad SMARTS) is 1. The van der Waals surface area contributed by atoms with Crippen molar-refractivity contribution in [3.63, 3.8) is 0 Å². The Labute approximate surface area is 107 Å². The van der Waals surface area contributed by atoms with Crippen LogP contribution in [0.1, 0.15) is 29.8 Å². The van der Waals surface area contributed by atoms with Gasteiger partial charge in [-0.1, -0.05) is 13.8 Å². The van der Waals surface area contributed by atoms with Gasteiger partial charge in [-0.05, 0) is 24.1 Å². The first kappa shape index (κ1) is 14.9. The fraction of sp³-hybridized carbons (Fsp3) is 0.417. The van der Waals surface area contributed by atoms with Gasteiger partial charge in [0.15, 0.2) is 0 Å². The smallest absolute Gasteiger partial charge is 0.417 e. The summed E-state index contributed by atoms with van der Waals surface area (Å²) in [5, 5.41) is 8.73. The van der Waals surface area contributed by atoms with Crippen LogP contribution in [0.25, 0.3) is 0 Å². The lowest BCUT2D eigenvalue weighted by Gasteiger charge is -2.12. The van der Waals surface area contributed by atoms with Crippen LogP contribution in [0.15, 0.2) is 23.1 Å². The van der Waals surface area contributed by atoms with E-state index in [1.54, 1.807) is 0 Å². The third-order valence-corrected chi connectivity index (χ3v) is 3.53. The average molecular weight is 278 g/mol. The molecular formula is C12H13F3O2S. The molecule has 1 aromatic rings. The van der Waals surface area contributed by atoms with E-state index >= 15 is 0 Å². The lowest BCUT2D eigenvalue weighted by atomic mass is 10.1. The Bertz CT molecular complexity index is 441. The first-order valence-corrected chi connectivity index (χ1v) is 6.27. The standard InChI is InChI=1S/C12H13F3O2S/c1-7(2)6-18-8-3-4-9(11(16)17)10(5-8)12(13,14)15/h3-5,7H,6H2,1-2H3,(H,16,17). The van der Waals surface area contributed by atoms with Crippen LogP contribution in [0, 0.1) is 5.92 Å². The molecule has 0 atom stereocenters. The van der Waals surface area contributed by atoms with Gasteiger partial charge in [0, 0.05) is 10.6 Å². The van der Waals surface area contributed by atoms with Crippen molar-refractivity contribution in [2.45, 2.75) is 24.9 Å². The Kier molecular flexibility index (Phi) is 4.67. The summed E-state index contributed by atoms with van der Waals surface area (Å²) < 4.78 is 38.1. The van der Waals surface area contributed by atoms with Gasteiger partial charge in [0.2, 0.25) is 0 Å². The highest BCUT2D eigenvalue weighted by Gasteiger charge is 2.35. The summed E-state index contributed by atoms with van der Waals surface area (Å²) in [5.41, 5.74) is -1.81. The number of carbonyl (C=O) groups is 1. The highest BCUT2D eigenvalue weighted by Crippen LogP contribution is 2.35. The van der Waals surface area contributed by atoms with Crippen molar-refractivity contribution in [1.29, 1.82) is 0 Å². The fourth-order valence-electron chi connectivity index (χ4n) is 1.30. The second-order valence-electron chi connectivity index (χ2n) is 4.22. The van der Waals surface area contributed by atoms with Gasteiger partial charge < -0.3 is 5.11 Å². The van der Waals surface area contributed by atoms with Crippen LogP contribution in [0.3, 0.4) is 0 Å². The molecule has 0 saturated carbocycles. The van der Waals surface area contributed by atoms with Gasteiger partial charge in [-0.3, -0.25) is 0 Å². The lowest BCUT2D eigenvalue weighted by Crippen LogP contribution is -2.13. The number of rotatable bonds is 4. The maximum Gasteiger partial charge on any atom is 0.417 e. The van der Waals surface area contributed by atoms with E-state index in [9.17, 15) is 18.0 Å². The first-order chi connectivity index (χ1) is 8.21. The van der Waals surface area contributed by atoms with Crippen LogP contribution in [0.5, 0.6) is 0 Å². The van der Waals surface area contributed by atoms with Crippen LogP contribution in [-0.2, 0) is 6.18 Å². The Morgan fingerprint density at radius 1 is 1.39 bits per heavy atom. The summed E-state index contributed by atoms with van der Waals surface area (Å²) in [6, 6.07) is 3.32. The Hall–Kier alpha value is -1.17. The van der Waals surface area contributed by atoms with E-state index in [-0.39, 0.29) is 0 Å². The van der Waals surface area contributed by atoms with Crippen LogP contribution in [-0.4, -0.2) is 16.8 Å². The summed E-state index contributed by atoms with van der Waals surface area (Å²) in [6.45, 7) is 3.92. The summed E-state index contributed by atoms with van der Waals surface area (Å²) in [6.07, 6.45) is -4.65. The molecule has 100 valence electrons. The van der Waals surface area contributed by atoms with E-state index in [4.69, 9.17) is 5.11 Å². The van der Waals surface area contributed by atoms with E-state index in [1.165, 1.54) is 17.8 Å². The van der Waals surface area contributed by atoms with Crippen molar-refractivity contribution < 1.29 is 23.1 Å². The zero-order valence-corrected chi connectivity index (χ0v) is 10.7. The molecule has 1 N–H and O–H groups in total. The van der Waals surface area contributed by atoms with Crippen molar-refractivity contribution in [3.05, 3.63) is 29.3 Å². The monoisotopic (exact) mass is 278 g/mol. The zero-order chi connectivity index (χ0) is 13.9. The van der Waals surface area contributed by atoms with Crippen LogP contribution < -0.4 is 0 Å². The van der Waals surface area contributed by atoms with Crippen molar-refractivity contribution >= 4 is 17.7 Å². The molecule has 18 heavy (non-hydrogen) atoms. The van der Waals surface area contributed by atoms with E-state index in [0.717, 1.165) is 12.1 Å². The number of thioether (sulfide) groups is 1. The highest BCUT2D eigenvalue weighted by atomic mass is 32.2. The molecule has 0 saturated heterocycles. The number of hydrogen-bond acceptors (Lipinski definition) is 2. The van der Waals surface area contributed by atoms with Gasteiger partial charge in [0.05, 0.1) is 11.1 Å². The molecule has 2 nitrogen and oxygen atoms in total. The minimum absolute atomic E-state index is 0.350. The molecule has 0 aliphatic rings. The van der Waals surface area contributed by atoms with Crippen molar-refractivity contribution in [2.75, 3.05) is 5.75 Å². The number of alkyl halides is 3. The Morgan fingerprint density at radius 3 is 2.44 bits per heavy atom. The molecule has 0 bridgehead atoms. The molecular weight excluding hydrogens is 265 g/mol. The molecule has 0 aliphatic heterocycles. The molecule has 0 unspecified atom stereocenters. The van der Waals surface area contributed by atoms with E-state index in [2.05, 4.69) is 0 Å². The molecule has 0 radical (unpaired) electrons. The van der Waals surface area contributed by atoms with Gasteiger partial charge in [-0.25, -0.2) is 4.79 Å². The minimum Gasteiger partial charge on any atom is -0.478 e. The summed E-state index contributed by atoms with van der Waals surface area (Å²) in [7, 11) is 0. The van der Waals surface area contributed by atoms with Crippen molar-refractivity contribution in [1.82, 2.24) is 0 Å². The number of hydrogen-bond donors (Lipinski definition) is 1. The third kappa shape index (κ3) is 3.94. The summed E-state index contributed by atoms with van der Waals surface area (Å²) in [5.74, 6) is -0.532. The van der Waals surface area contributed by atoms with E-state index < -0.39 is 23.3 Å². The first-order valence-electron chi connectivity index (χ1n) is 5.29. The quantitative estimate of drug-likeness (QED) is 0.841. The molecule has 0 heterocycles. The van der Waals surface area contributed by atoms with Gasteiger partial charge >= 0.3 is 12.1 Å². The van der Waals surface area contributed by atoms with Crippen LogP contribution >= 0.6 is 11.8 Å². The fourth-order valence-corrected chi connectivity index (χ4v) is 2.19. The SMILES string of the molecule is CC(C)CSc1ccc(C(=O)O)c(C(F)(F)F)c1. The summed E-state index contributed by atoms with van der Waals surface area (Å²) >= 11 is 1.29. The van der Waals surface area contributed by atoms with E-state index in [1.807, 2.05) is 13.8 Å². The molecule has 0 aliphatic carbocycles. The van der Waals surface area contributed by atoms with E-state index in [0.29, 0.717) is 16.6 Å². The van der Waals surface area contributed by atoms with Crippen LogP contribution in [0.4, 0.5) is 13.2 Å². The summed E-state index contributed by atoms with van der Waals surface area (Å²) in [4.78, 5) is 11.2. The van der Waals surface area contributed by atoms with Crippen molar-refractivity contribution in [2.24, 2.45) is 5.92 Å². The minimum atomic E-state index is -4.65. The second kappa shape index (κ2) is 5.65. The third-order valence-electron chi connectivity index (χ3n) is 2.11. The molecule has 1 aromatic carbocycles. The number of aromatic carboxylic acids is 1. The van der Waals surface area contributed by atoms with Gasteiger partial charge in [0.1, 0.15) is 0 Å². The molecule has 0 spiro atoms. The molecule has 0 aromatic heterocycles. The van der Waals surface area contributed by atoms with Crippen molar-refractivity contribution in [3.8, 4) is 0 Å². The number of benzene rings is 1. The van der Waals surface area contributed by atoms with Gasteiger partial charge in [0.25, 0.3) is 0 Å². The zero-order valence-electron chi connectivity index (χ0n) is 9.91. The Balaban J connectivity index is 3.10. The predicted molar refractivity (Wildman–Crippen MR) is 64.0 cm³/mol. The highest BCUT2D eigenvalue weighted by molar-refractivity contribution is 7.99. The largest absolute Gasteiger partial charge is 0.478 e. The molecule has 1 rings (SSSR count). The predicted octanol–water partition coefficient (Wildman–Crippen LogP) is 4.15. The molecule has 0 fully saturated rings. The lowest BCUT2D eigenvalue weighted by molar-refractivity contribution is -0.138.